The van der Waals surface area contributed by atoms with Crippen molar-refractivity contribution in [2.45, 2.75) is 18.9 Å². The highest BCUT2D eigenvalue weighted by Crippen LogP contribution is 2.11. The molecule has 6 nitrogen and oxygen atoms in total. The van der Waals surface area contributed by atoms with Crippen molar-refractivity contribution in [3.05, 3.63) is 30.3 Å². The number of rotatable bonds is 6. The molecule has 1 atom stereocenters. The smallest absolute Gasteiger partial charge is 0.334 e. The zero-order valence-corrected chi connectivity index (χ0v) is 11.7. The molecule has 1 aromatic carbocycles. The molecule has 0 aromatic heterocycles. The number of carbonyl (C=O) groups is 2. The normalized spacial score (nSPS) is 18.3. The second-order valence-corrected chi connectivity index (χ2v) is 4.80. The van der Waals surface area contributed by atoms with Crippen LogP contribution in [0.2, 0.25) is 0 Å². The van der Waals surface area contributed by atoms with E-state index in [-0.39, 0.29) is 19.1 Å². The quantitative estimate of drug-likeness (QED) is 0.796. The maximum Gasteiger partial charge on any atom is 0.334 e. The molecule has 1 amide bonds. The molecule has 0 radical (unpaired) electrons. The number of ether oxygens (including phenoxy) is 2. The highest BCUT2D eigenvalue weighted by molar-refractivity contribution is 5.78. The molecule has 114 valence electrons. The van der Waals surface area contributed by atoms with Gasteiger partial charge in [-0.1, -0.05) is 18.2 Å². The largest absolute Gasteiger partial charge is 0.494 e. The van der Waals surface area contributed by atoms with Crippen LogP contribution in [-0.4, -0.2) is 54.3 Å². The minimum Gasteiger partial charge on any atom is -0.494 e. The standard InChI is InChI=1S/C15H19NO5/c17-14(16-8-10-21-13(11-16)15(18)19)7-4-9-20-12-5-2-1-3-6-12/h1-3,5-6,13H,4,7-11H2,(H,18,19)/t13-/m0/s1. The second-order valence-electron chi connectivity index (χ2n) is 4.80. The summed E-state index contributed by atoms with van der Waals surface area (Å²) in [5.74, 6) is -0.302. The van der Waals surface area contributed by atoms with E-state index in [4.69, 9.17) is 14.6 Å². The maximum atomic E-state index is 12.0. The van der Waals surface area contributed by atoms with Gasteiger partial charge in [-0.05, 0) is 18.6 Å². The van der Waals surface area contributed by atoms with E-state index in [0.717, 1.165) is 5.75 Å². The van der Waals surface area contributed by atoms with Crippen LogP contribution in [0.4, 0.5) is 0 Å². The van der Waals surface area contributed by atoms with E-state index in [2.05, 4.69) is 0 Å². The lowest BCUT2D eigenvalue weighted by Crippen LogP contribution is -2.48. The van der Waals surface area contributed by atoms with Crippen LogP contribution in [0.5, 0.6) is 5.75 Å². The van der Waals surface area contributed by atoms with Gasteiger partial charge in [0.05, 0.1) is 19.8 Å². The summed E-state index contributed by atoms with van der Waals surface area (Å²) in [6.45, 7) is 1.29. The van der Waals surface area contributed by atoms with Gasteiger partial charge < -0.3 is 19.5 Å². The number of carboxylic acid groups (broad SMARTS) is 1. The molecule has 0 saturated carbocycles. The predicted molar refractivity (Wildman–Crippen MR) is 75.1 cm³/mol. The molecule has 1 saturated heterocycles. The third-order valence-corrected chi connectivity index (χ3v) is 3.24. The average Bonchev–Trinajstić information content (AvgIpc) is 2.52. The van der Waals surface area contributed by atoms with Crippen LogP contribution in [-0.2, 0) is 14.3 Å². The fraction of sp³-hybridized carbons (Fsp3) is 0.467. The lowest BCUT2D eigenvalue weighted by atomic mass is 10.2. The molecule has 1 heterocycles. The van der Waals surface area contributed by atoms with E-state index in [1.807, 2.05) is 30.3 Å². The van der Waals surface area contributed by atoms with E-state index in [1.165, 1.54) is 0 Å². The summed E-state index contributed by atoms with van der Waals surface area (Å²) in [4.78, 5) is 24.4. The first-order valence-corrected chi connectivity index (χ1v) is 6.97. The Kier molecular flexibility index (Phi) is 5.57. The van der Waals surface area contributed by atoms with Crippen LogP contribution in [0.15, 0.2) is 30.3 Å². The van der Waals surface area contributed by atoms with Crippen LogP contribution in [0.3, 0.4) is 0 Å². The molecule has 2 rings (SSSR count). The first kappa shape index (κ1) is 15.3. The topological polar surface area (TPSA) is 76.1 Å². The Balaban J connectivity index is 1.68. The van der Waals surface area contributed by atoms with Gasteiger partial charge in [0.2, 0.25) is 5.91 Å². The average molecular weight is 293 g/mol. The molecule has 21 heavy (non-hydrogen) atoms. The van der Waals surface area contributed by atoms with Gasteiger partial charge in [0.15, 0.2) is 6.10 Å². The zero-order valence-electron chi connectivity index (χ0n) is 11.7. The third kappa shape index (κ3) is 4.75. The minimum absolute atomic E-state index is 0.0544. The zero-order chi connectivity index (χ0) is 15.1. The summed E-state index contributed by atoms with van der Waals surface area (Å²) < 4.78 is 10.6. The Morgan fingerprint density at radius 3 is 2.81 bits per heavy atom. The molecule has 0 spiro atoms. The Labute approximate surface area is 123 Å². The minimum atomic E-state index is -1.03. The van der Waals surface area contributed by atoms with Gasteiger partial charge in [0, 0.05) is 13.0 Å². The Hall–Kier alpha value is -2.08. The van der Waals surface area contributed by atoms with Crippen molar-refractivity contribution in [1.82, 2.24) is 4.90 Å². The van der Waals surface area contributed by atoms with E-state index in [1.54, 1.807) is 4.90 Å². The number of morpholine rings is 1. The van der Waals surface area contributed by atoms with Gasteiger partial charge in [0.1, 0.15) is 5.75 Å². The number of amides is 1. The van der Waals surface area contributed by atoms with Crippen LogP contribution in [0.25, 0.3) is 0 Å². The summed E-state index contributed by atoms with van der Waals surface area (Å²) in [6, 6.07) is 9.41. The fourth-order valence-electron chi connectivity index (χ4n) is 2.11. The second kappa shape index (κ2) is 7.64. The summed E-state index contributed by atoms with van der Waals surface area (Å²) in [7, 11) is 0. The molecule has 1 aromatic rings. The molecule has 6 heteroatoms. The van der Waals surface area contributed by atoms with E-state index in [9.17, 15) is 9.59 Å². The van der Waals surface area contributed by atoms with Crippen molar-refractivity contribution < 1.29 is 24.2 Å². The van der Waals surface area contributed by atoms with Crippen LogP contribution >= 0.6 is 0 Å². The van der Waals surface area contributed by atoms with Gasteiger partial charge >= 0.3 is 5.97 Å². The molecular formula is C15H19NO5. The molecule has 1 N–H and O–H groups in total. The van der Waals surface area contributed by atoms with Crippen molar-refractivity contribution >= 4 is 11.9 Å². The first-order chi connectivity index (χ1) is 10.2. The number of aliphatic carboxylic acids is 1. The van der Waals surface area contributed by atoms with E-state index < -0.39 is 12.1 Å². The van der Waals surface area contributed by atoms with E-state index >= 15 is 0 Å². The first-order valence-electron chi connectivity index (χ1n) is 6.97. The highest BCUT2D eigenvalue weighted by atomic mass is 16.5. The molecule has 1 fully saturated rings. The summed E-state index contributed by atoms with van der Waals surface area (Å²) in [6.07, 6.45) is 0.0328. The lowest BCUT2D eigenvalue weighted by molar-refractivity contribution is -0.159. The van der Waals surface area contributed by atoms with Crippen molar-refractivity contribution in [3.63, 3.8) is 0 Å². The number of carbonyl (C=O) groups excluding carboxylic acids is 1. The SMILES string of the molecule is O=C(O)[C@@H]1CN(C(=O)CCCOc2ccccc2)CCO1. The Morgan fingerprint density at radius 2 is 2.10 bits per heavy atom. The molecule has 0 bridgehead atoms. The number of hydrogen-bond acceptors (Lipinski definition) is 4. The molecule has 1 aliphatic rings. The summed E-state index contributed by atoms with van der Waals surface area (Å²) in [5, 5.41) is 8.90. The molecule has 0 unspecified atom stereocenters. The molecule has 1 aliphatic heterocycles. The molecule has 0 aliphatic carbocycles. The van der Waals surface area contributed by atoms with Crippen molar-refractivity contribution in [2.24, 2.45) is 0 Å². The van der Waals surface area contributed by atoms with Gasteiger partial charge in [-0.3, -0.25) is 4.79 Å². The maximum absolute atomic E-state index is 12.0. The van der Waals surface area contributed by atoms with E-state index in [0.29, 0.717) is 26.0 Å². The Morgan fingerprint density at radius 1 is 1.33 bits per heavy atom. The number of carboxylic acids is 1. The van der Waals surface area contributed by atoms with Gasteiger partial charge in [-0.2, -0.15) is 0 Å². The van der Waals surface area contributed by atoms with Crippen molar-refractivity contribution in [1.29, 1.82) is 0 Å². The van der Waals surface area contributed by atoms with Crippen LogP contribution in [0, 0.1) is 0 Å². The van der Waals surface area contributed by atoms with Crippen LogP contribution < -0.4 is 4.74 Å². The van der Waals surface area contributed by atoms with Crippen molar-refractivity contribution in [2.75, 3.05) is 26.3 Å². The van der Waals surface area contributed by atoms with Gasteiger partial charge in [-0.25, -0.2) is 4.79 Å². The predicted octanol–water partition coefficient (Wildman–Crippen LogP) is 1.16. The number of nitrogens with zero attached hydrogens (tertiary/aromatic N) is 1. The third-order valence-electron chi connectivity index (χ3n) is 3.24. The number of hydrogen-bond donors (Lipinski definition) is 1. The highest BCUT2D eigenvalue weighted by Gasteiger charge is 2.28. The lowest BCUT2D eigenvalue weighted by Gasteiger charge is -2.30. The van der Waals surface area contributed by atoms with Crippen LogP contribution in [0.1, 0.15) is 12.8 Å². The van der Waals surface area contributed by atoms with Crippen molar-refractivity contribution in [3.8, 4) is 5.75 Å². The number of para-hydroxylation sites is 1. The monoisotopic (exact) mass is 293 g/mol. The Bertz CT molecular complexity index is 476. The molecular weight excluding hydrogens is 274 g/mol. The van der Waals surface area contributed by atoms with Gasteiger partial charge in [0.25, 0.3) is 0 Å². The number of benzene rings is 1. The fourth-order valence-corrected chi connectivity index (χ4v) is 2.11. The summed E-state index contributed by atoms with van der Waals surface area (Å²) >= 11 is 0. The summed E-state index contributed by atoms with van der Waals surface area (Å²) in [5.41, 5.74) is 0. The van der Waals surface area contributed by atoms with Gasteiger partial charge in [-0.15, -0.1) is 0 Å².